The fraction of sp³-hybridized carbons (Fsp3) is 0.909. The lowest BCUT2D eigenvalue weighted by Crippen LogP contribution is -2.42. The van der Waals surface area contributed by atoms with E-state index in [0.717, 1.165) is 25.8 Å². The third-order valence-corrected chi connectivity index (χ3v) is 3.09. The minimum atomic E-state index is 0.125. The lowest BCUT2D eigenvalue weighted by molar-refractivity contribution is -0.122. The molecule has 0 aliphatic heterocycles. The number of carbonyl (C=O) groups is 1. The molecular formula is C11H23N3O. The molecule has 0 aromatic carbocycles. The number of nitrogens with one attached hydrogen (secondary N) is 1. The van der Waals surface area contributed by atoms with Crippen molar-refractivity contribution >= 4 is 5.91 Å². The van der Waals surface area contributed by atoms with Crippen LogP contribution in [0.5, 0.6) is 0 Å². The van der Waals surface area contributed by atoms with Crippen LogP contribution in [0.4, 0.5) is 0 Å². The molecular weight excluding hydrogens is 190 g/mol. The number of nitrogens with two attached hydrogens (primary N) is 1. The third kappa shape index (κ3) is 3.80. The van der Waals surface area contributed by atoms with Crippen LogP contribution in [0.3, 0.4) is 0 Å². The van der Waals surface area contributed by atoms with Crippen molar-refractivity contribution in [2.24, 2.45) is 5.73 Å². The number of carbonyl (C=O) groups excluding carboxylic acids is 1. The van der Waals surface area contributed by atoms with Crippen LogP contribution in [-0.4, -0.2) is 42.5 Å². The van der Waals surface area contributed by atoms with E-state index in [2.05, 4.69) is 17.1 Å². The van der Waals surface area contributed by atoms with Gasteiger partial charge in [0.1, 0.15) is 0 Å². The van der Waals surface area contributed by atoms with E-state index in [9.17, 15) is 4.79 Å². The van der Waals surface area contributed by atoms with Crippen molar-refractivity contribution in [1.82, 2.24) is 10.2 Å². The predicted octanol–water partition coefficient (Wildman–Crippen LogP) is 0.324. The molecule has 1 aliphatic rings. The number of nitrogens with zero attached hydrogens (tertiary/aromatic N) is 1. The molecule has 1 fully saturated rings. The van der Waals surface area contributed by atoms with Gasteiger partial charge in [0.2, 0.25) is 5.91 Å². The lowest BCUT2D eigenvalue weighted by atomic mass is 10.2. The van der Waals surface area contributed by atoms with Crippen molar-refractivity contribution in [3.05, 3.63) is 0 Å². The van der Waals surface area contributed by atoms with Gasteiger partial charge in [-0.15, -0.1) is 0 Å². The van der Waals surface area contributed by atoms with Crippen LogP contribution in [0.1, 0.15) is 33.1 Å². The summed E-state index contributed by atoms with van der Waals surface area (Å²) in [5, 5.41) is 2.83. The average Bonchev–Trinajstić information content (AvgIpc) is 2.61. The molecule has 2 atom stereocenters. The molecule has 1 amide bonds. The summed E-state index contributed by atoms with van der Waals surface area (Å²) < 4.78 is 0. The van der Waals surface area contributed by atoms with Gasteiger partial charge in [-0.25, -0.2) is 0 Å². The zero-order chi connectivity index (χ0) is 11.3. The highest BCUT2D eigenvalue weighted by atomic mass is 16.2. The summed E-state index contributed by atoms with van der Waals surface area (Å²) in [6.45, 7) is 6.19. The van der Waals surface area contributed by atoms with E-state index < -0.39 is 0 Å². The van der Waals surface area contributed by atoms with Crippen LogP contribution in [0.25, 0.3) is 0 Å². The van der Waals surface area contributed by atoms with Crippen LogP contribution >= 0.6 is 0 Å². The first kappa shape index (κ1) is 12.5. The quantitative estimate of drug-likeness (QED) is 0.691. The van der Waals surface area contributed by atoms with Crippen molar-refractivity contribution in [2.45, 2.75) is 45.2 Å². The van der Waals surface area contributed by atoms with E-state index in [1.54, 1.807) is 0 Å². The van der Waals surface area contributed by atoms with E-state index in [1.165, 1.54) is 0 Å². The zero-order valence-corrected chi connectivity index (χ0v) is 9.83. The summed E-state index contributed by atoms with van der Waals surface area (Å²) in [7, 11) is 0. The molecule has 3 N–H and O–H groups in total. The summed E-state index contributed by atoms with van der Waals surface area (Å²) in [6, 6.07) is 0.839. The number of amides is 1. The highest BCUT2D eigenvalue weighted by Crippen LogP contribution is 2.22. The van der Waals surface area contributed by atoms with Gasteiger partial charge in [-0.1, -0.05) is 6.92 Å². The molecule has 0 aromatic heterocycles. The van der Waals surface area contributed by atoms with Gasteiger partial charge in [0.05, 0.1) is 6.54 Å². The second kappa shape index (κ2) is 6.08. The second-order valence-electron chi connectivity index (χ2n) is 4.24. The van der Waals surface area contributed by atoms with Gasteiger partial charge >= 0.3 is 0 Å². The first-order chi connectivity index (χ1) is 7.17. The largest absolute Gasteiger partial charge is 0.355 e. The Morgan fingerprint density at radius 2 is 2.20 bits per heavy atom. The van der Waals surface area contributed by atoms with Gasteiger partial charge < -0.3 is 11.1 Å². The van der Waals surface area contributed by atoms with E-state index in [4.69, 9.17) is 5.73 Å². The monoisotopic (exact) mass is 213 g/mol. The number of hydrogen-bond acceptors (Lipinski definition) is 3. The SMILES string of the molecule is CCNC(=O)CN(CC)C1CCC(N)C1. The molecule has 1 saturated carbocycles. The Hall–Kier alpha value is -0.610. The van der Waals surface area contributed by atoms with Gasteiger partial charge in [-0.05, 0) is 32.7 Å². The molecule has 4 nitrogen and oxygen atoms in total. The Morgan fingerprint density at radius 1 is 1.47 bits per heavy atom. The zero-order valence-electron chi connectivity index (χ0n) is 9.83. The van der Waals surface area contributed by atoms with Crippen LogP contribution in [0.2, 0.25) is 0 Å². The maximum Gasteiger partial charge on any atom is 0.234 e. The second-order valence-corrected chi connectivity index (χ2v) is 4.24. The predicted molar refractivity (Wildman–Crippen MR) is 61.5 cm³/mol. The molecule has 0 radical (unpaired) electrons. The average molecular weight is 213 g/mol. The smallest absolute Gasteiger partial charge is 0.234 e. The van der Waals surface area contributed by atoms with Crippen molar-refractivity contribution in [3.8, 4) is 0 Å². The lowest BCUT2D eigenvalue weighted by Gasteiger charge is -2.26. The maximum atomic E-state index is 11.5. The Bertz CT molecular complexity index is 208. The molecule has 0 spiro atoms. The van der Waals surface area contributed by atoms with Gasteiger partial charge in [-0.2, -0.15) is 0 Å². The Balaban J connectivity index is 2.38. The summed E-state index contributed by atoms with van der Waals surface area (Å²) >= 11 is 0. The molecule has 0 saturated heterocycles. The molecule has 0 aromatic rings. The summed E-state index contributed by atoms with van der Waals surface area (Å²) in [4.78, 5) is 13.7. The highest BCUT2D eigenvalue weighted by Gasteiger charge is 2.27. The van der Waals surface area contributed by atoms with E-state index >= 15 is 0 Å². The topological polar surface area (TPSA) is 58.4 Å². The molecule has 1 aliphatic carbocycles. The summed E-state index contributed by atoms with van der Waals surface area (Å²) in [6.07, 6.45) is 3.26. The standard InChI is InChI=1S/C11H23N3O/c1-3-13-11(15)8-14(4-2)10-6-5-9(12)7-10/h9-10H,3-8,12H2,1-2H3,(H,13,15). The van der Waals surface area contributed by atoms with Crippen molar-refractivity contribution in [2.75, 3.05) is 19.6 Å². The first-order valence-electron chi connectivity index (χ1n) is 5.93. The molecule has 2 unspecified atom stereocenters. The van der Waals surface area contributed by atoms with Crippen molar-refractivity contribution < 1.29 is 4.79 Å². The third-order valence-electron chi connectivity index (χ3n) is 3.09. The Kier molecular flexibility index (Phi) is 5.05. The van der Waals surface area contributed by atoms with Gasteiger partial charge in [-0.3, -0.25) is 9.69 Å². The normalized spacial score (nSPS) is 25.9. The van der Waals surface area contributed by atoms with E-state index in [-0.39, 0.29) is 5.91 Å². The maximum absolute atomic E-state index is 11.5. The fourth-order valence-electron chi connectivity index (χ4n) is 2.26. The van der Waals surface area contributed by atoms with E-state index in [1.807, 2.05) is 6.92 Å². The molecule has 1 rings (SSSR count). The molecule has 0 bridgehead atoms. The molecule has 88 valence electrons. The molecule has 0 heterocycles. The molecule has 4 heteroatoms. The van der Waals surface area contributed by atoms with E-state index in [0.29, 0.717) is 25.2 Å². The fourth-order valence-corrected chi connectivity index (χ4v) is 2.26. The van der Waals surface area contributed by atoms with Crippen LogP contribution in [-0.2, 0) is 4.79 Å². The molecule has 15 heavy (non-hydrogen) atoms. The number of rotatable bonds is 5. The highest BCUT2D eigenvalue weighted by molar-refractivity contribution is 5.77. The summed E-state index contributed by atoms with van der Waals surface area (Å²) in [5.41, 5.74) is 5.88. The van der Waals surface area contributed by atoms with Crippen molar-refractivity contribution in [1.29, 1.82) is 0 Å². The summed E-state index contributed by atoms with van der Waals surface area (Å²) in [5.74, 6) is 0.125. The van der Waals surface area contributed by atoms with Gasteiger partial charge in [0.25, 0.3) is 0 Å². The minimum absolute atomic E-state index is 0.125. The first-order valence-corrected chi connectivity index (χ1v) is 5.93. The number of likely N-dealkylation sites (N-methyl/N-ethyl adjacent to an activating group) is 2. The van der Waals surface area contributed by atoms with Crippen LogP contribution < -0.4 is 11.1 Å². The number of hydrogen-bond donors (Lipinski definition) is 2. The minimum Gasteiger partial charge on any atom is -0.355 e. The van der Waals surface area contributed by atoms with Gasteiger partial charge in [0.15, 0.2) is 0 Å². The Labute approximate surface area is 92.2 Å². The van der Waals surface area contributed by atoms with Gasteiger partial charge in [0, 0.05) is 18.6 Å². The van der Waals surface area contributed by atoms with Crippen LogP contribution in [0.15, 0.2) is 0 Å². The van der Waals surface area contributed by atoms with Crippen molar-refractivity contribution in [3.63, 3.8) is 0 Å². The Morgan fingerprint density at radius 3 is 2.67 bits per heavy atom. The van der Waals surface area contributed by atoms with Crippen LogP contribution in [0, 0.1) is 0 Å².